The largest absolute Gasteiger partial charge is 0.493 e. The van der Waals surface area contributed by atoms with Gasteiger partial charge in [0.2, 0.25) is 0 Å². The Bertz CT molecular complexity index is 880. The summed E-state index contributed by atoms with van der Waals surface area (Å²) in [5.74, 6) is 1.13. The molecule has 1 N–H and O–H groups in total. The first-order chi connectivity index (χ1) is 13.6. The van der Waals surface area contributed by atoms with Crippen molar-refractivity contribution in [3.8, 4) is 11.5 Å². The number of carbonyl (C=O) groups is 1. The molecule has 0 aliphatic rings. The first kappa shape index (κ1) is 19.8. The van der Waals surface area contributed by atoms with E-state index in [1.165, 1.54) is 5.56 Å². The van der Waals surface area contributed by atoms with E-state index in [4.69, 9.17) is 21.1 Å². The molecule has 0 aromatic heterocycles. The summed E-state index contributed by atoms with van der Waals surface area (Å²) < 4.78 is 11.4. The van der Waals surface area contributed by atoms with Gasteiger partial charge in [-0.15, -0.1) is 0 Å². The van der Waals surface area contributed by atoms with Crippen molar-refractivity contribution in [3.05, 3.63) is 89.4 Å². The third-order valence-corrected chi connectivity index (χ3v) is 4.37. The van der Waals surface area contributed by atoms with E-state index in [0.29, 0.717) is 23.1 Å². The Hall–Kier alpha value is -2.98. The highest BCUT2D eigenvalue weighted by atomic mass is 35.5. The number of anilines is 1. The van der Waals surface area contributed by atoms with Gasteiger partial charge in [0, 0.05) is 17.1 Å². The summed E-state index contributed by atoms with van der Waals surface area (Å²) in [7, 11) is 0. The fraction of sp³-hybridized carbons (Fsp3) is 0.174. The second-order valence-corrected chi connectivity index (χ2v) is 6.75. The third-order valence-electron chi connectivity index (χ3n) is 4.12. The second-order valence-electron chi connectivity index (χ2n) is 6.31. The molecule has 1 amide bonds. The van der Waals surface area contributed by atoms with Crippen LogP contribution in [0.2, 0.25) is 5.02 Å². The number of hydrogen-bond acceptors (Lipinski definition) is 3. The van der Waals surface area contributed by atoms with Crippen molar-refractivity contribution in [1.29, 1.82) is 0 Å². The van der Waals surface area contributed by atoms with Crippen LogP contribution >= 0.6 is 11.6 Å². The van der Waals surface area contributed by atoms with Gasteiger partial charge in [0.1, 0.15) is 11.5 Å². The summed E-state index contributed by atoms with van der Waals surface area (Å²) in [5, 5.41) is 3.46. The highest BCUT2D eigenvalue weighted by molar-refractivity contribution is 6.30. The molecule has 0 fully saturated rings. The number of amides is 1. The number of benzene rings is 3. The Kier molecular flexibility index (Phi) is 6.93. The van der Waals surface area contributed by atoms with Crippen LogP contribution in [0.3, 0.4) is 0 Å². The standard InChI is InChI=1S/C23H22ClNO3/c1-17(28-22-11-7-19(24)8-12-22)23(26)25-20-9-13-21(14-10-20)27-16-15-18-5-3-2-4-6-18/h2-14,17H,15-16H2,1H3,(H,25,26). The van der Waals surface area contributed by atoms with Crippen LogP contribution in [0.5, 0.6) is 11.5 Å². The van der Waals surface area contributed by atoms with Gasteiger partial charge in [-0.05, 0) is 61.0 Å². The molecule has 1 atom stereocenters. The average Bonchev–Trinajstić information content (AvgIpc) is 2.72. The molecule has 1 unspecified atom stereocenters. The van der Waals surface area contributed by atoms with Gasteiger partial charge < -0.3 is 14.8 Å². The van der Waals surface area contributed by atoms with Crippen LogP contribution in [0.1, 0.15) is 12.5 Å². The number of halogens is 1. The minimum Gasteiger partial charge on any atom is -0.493 e. The SMILES string of the molecule is CC(Oc1ccc(Cl)cc1)C(=O)Nc1ccc(OCCc2ccccc2)cc1. The maximum absolute atomic E-state index is 12.3. The average molecular weight is 396 g/mol. The van der Waals surface area contributed by atoms with Gasteiger partial charge in [-0.1, -0.05) is 41.9 Å². The zero-order valence-electron chi connectivity index (χ0n) is 15.6. The predicted molar refractivity (Wildman–Crippen MR) is 112 cm³/mol. The summed E-state index contributed by atoms with van der Waals surface area (Å²) >= 11 is 5.85. The number of ether oxygens (including phenoxy) is 2. The Balaban J connectivity index is 1.46. The van der Waals surface area contributed by atoms with Crippen molar-refractivity contribution >= 4 is 23.2 Å². The summed E-state index contributed by atoms with van der Waals surface area (Å²) in [5.41, 5.74) is 1.92. The molecule has 5 heteroatoms. The number of nitrogens with one attached hydrogen (secondary N) is 1. The summed E-state index contributed by atoms with van der Waals surface area (Å²) in [4.78, 5) is 12.3. The van der Waals surface area contributed by atoms with Gasteiger partial charge in [0.05, 0.1) is 6.61 Å². The molecule has 0 aliphatic carbocycles. The van der Waals surface area contributed by atoms with E-state index in [9.17, 15) is 4.79 Å². The lowest BCUT2D eigenvalue weighted by atomic mass is 10.2. The van der Waals surface area contributed by atoms with Gasteiger partial charge in [0.15, 0.2) is 6.10 Å². The summed E-state index contributed by atoms with van der Waals surface area (Å²) in [6.45, 7) is 2.30. The van der Waals surface area contributed by atoms with E-state index < -0.39 is 6.10 Å². The van der Waals surface area contributed by atoms with E-state index >= 15 is 0 Å². The Labute approximate surface area is 170 Å². The summed E-state index contributed by atoms with van der Waals surface area (Å²) in [6.07, 6.45) is 0.210. The first-order valence-corrected chi connectivity index (χ1v) is 9.48. The zero-order chi connectivity index (χ0) is 19.8. The van der Waals surface area contributed by atoms with E-state index in [2.05, 4.69) is 17.4 Å². The van der Waals surface area contributed by atoms with E-state index in [1.807, 2.05) is 42.5 Å². The normalized spacial score (nSPS) is 11.5. The molecular formula is C23H22ClNO3. The number of rotatable bonds is 8. The Morgan fingerprint density at radius 2 is 1.57 bits per heavy atom. The molecule has 0 heterocycles. The highest BCUT2D eigenvalue weighted by Crippen LogP contribution is 2.19. The molecule has 4 nitrogen and oxygen atoms in total. The molecule has 0 radical (unpaired) electrons. The highest BCUT2D eigenvalue weighted by Gasteiger charge is 2.15. The van der Waals surface area contributed by atoms with Crippen LogP contribution in [0.4, 0.5) is 5.69 Å². The topological polar surface area (TPSA) is 47.6 Å². The molecule has 0 spiro atoms. The molecular weight excluding hydrogens is 374 g/mol. The lowest BCUT2D eigenvalue weighted by Gasteiger charge is -2.15. The first-order valence-electron chi connectivity index (χ1n) is 9.10. The molecule has 0 saturated heterocycles. The van der Waals surface area contributed by atoms with Crippen molar-refractivity contribution in [2.75, 3.05) is 11.9 Å². The van der Waals surface area contributed by atoms with Gasteiger partial charge in [-0.2, -0.15) is 0 Å². The van der Waals surface area contributed by atoms with Crippen LogP contribution in [-0.4, -0.2) is 18.6 Å². The van der Waals surface area contributed by atoms with Crippen molar-refractivity contribution in [3.63, 3.8) is 0 Å². The van der Waals surface area contributed by atoms with Gasteiger partial charge >= 0.3 is 0 Å². The van der Waals surface area contributed by atoms with Crippen LogP contribution in [0, 0.1) is 0 Å². The van der Waals surface area contributed by atoms with Crippen LogP contribution < -0.4 is 14.8 Å². The molecule has 0 aliphatic heterocycles. The van der Waals surface area contributed by atoms with Crippen molar-refractivity contribution < 1.29 is 14.3 Å². The zero-order valence-corrected chi connectivity index (χ0v) is 16.4. The van der Waals surface area contributed by atoms with Crippen molar-refractivity contribution in [2.24, 2.45) is 0 Å². The fourth-order valence-corrected chi connectivity index (χ4v) is 2.71. The Morgan fingerprint density at radius 1 is 0.929 bits per heavy atom. The molecule has 0 saturated carbocycles. The fourth-order valence-electron chi connectivity index (χ4n) is 2.58. The maximum Gasteiger partial charge on any atom is 0.265 e. The smallest absolute Gasteiger partial charge is 0.265 e. The van der Waals surface area contributed by atoms with Crippen molar-refractivity contribution in [2.45, 2.75) is 19.4 Å². The lowest BCUT2D eigenvalue weighted by Crippen LogP contribution is -2.30. The van der Waals surface area contributed by atoms with Crippen LogP contribution in [0.15, 0.2) is 78.9 Å². The van der Waals surface area contributed by atoms with Gasteiger partial charge in [-0.25, -0.2) is 0 Å². The van der Waals surface area contributed by atoms with E-state index in [0.717, 1.165) is 12.2 Å². The molecule has 0 bridgehead atoms. The third kappa shape index (κ3) is 6.03. The summed E-state index contributed by atoms with van der Waals surface area (Å²) in [6, 6.07) is 24.4. The molecule has 28 heavy (non-hydrogen) atoms. The van der Waals surface area contributed by atoms with Gasteiger partial charge in [-0.3, -0.25) is 4.79 Å². The maximum atomic E-state index is 12.3. The monoisotopic (exact) mass is 395 g/mol. The van der Waals surface area contributed by atoms with Crippen molar-refractivity contribution in [1.82, 2.24) is 0 Å². The number of hydrogen-bond donors (Lipinski definition) is 1. The van der Waals surface area contributed by atoms with Crippen LogP contribution in [-0.2, 0) is 11.2 Å². The molecule has 3 rings (SSSR count). The number of carbonyl (C=O) groups excluding carboxylic acids is 1. The minimum atomic E-state index is -0.636. The van der Waals surface area contributed by atoms with E-state index in [-0.39, 0.29) is 5.91 Å². The second kappa shape index (κ2) is 9.81. The van der Waals surface area contributed by atoms with Crippen LogP contribution in [0.25, 0.3) is 0 Å². The molecule has 3 aromatic carbocycles. The minimum absolute atomic E-state index is 0.229. The quantitative estimate of drug-likeness (QED) is 0.558. The molecule has 3 aromatic rings. The Morgan fingerprint density at radius 3 is 2.25 bits per heavy atom. The van der Waals surface area contributed by atoms with Gasteiger partial charge in [0.25, 0.3) is 5.91 Å². The van der Waals surface area contributed by atoms with E-state index in [1.54, 1.807) is 31.2 Å². The predicted octanol–water partition coefficient (Wildman–Crippen LogP) is 5.37. The lowest BCUT2D eigenvalue weighted by molar-refractivity contribution is -0.122. The molecule has 144 valence electrons.